The van der Waals surface area contributed by atoms with Gasteiger partial charge in [-0.1, -0.05) is 6.58 Å². The topological polar surface area (TPSA) is 44.8 Å². The standard InChI is InChI=1S/C11H16F4O4/c1-7(2)9(16)19-8(3)18-5-4-17-6-11(14,15)10(12)13/h8,10H,1,4-6H2,2-3H3. The van der Waals surface area contributed by atoms with E-state index in [9.17, 15) is 22.4 Å². The lowest BCUT2D eigenvalue weighted by Gasteiger charge is -2.16. The van der Waals surface area contributed by atoms with Crippen molar-refractivity contribution >= 4 is 5.97 Å². The van der Waals surface area contributed by atoms with E-state index in [4.69, 9.17) is 9.47 Å². The maximum Gasteiger partial charge on any atom is 0.335 e. The second-order valence-electron chi connectivity index (χ2n) is 3.74. The molecule has 0 aliphatic carbocycles. The highest BCUT2D eigenvalue weighted by Crippen LogP contribution is 2.22. The number of carbonyl (C=O) groups is 1. The van der Waals surface area contributed by atoms with Gasteiger partial charge in [0.25, 0.3) is 0 Å². The average Bonchev–Trinajstić information content (AvgIpc) is 2.27. The average molecular weight is 288 g/mol. The van der Waals surface area contributed by atoms with Gasteiger partial charge in [-0.15, -0.1) is 0 Å². The number of carbonyl (C=O) groups excluding carboxylic acids is 1. The fourth-order valence-corrected chi connectivity index (χ4v) is 0.830. The zero-order chi connectivity index (χ0) is 15.1. The normalized spacial score (nSPS) is 13.4. The summed E-state index contributed by atoms with van der Waals surface area (Å²) in [6, 6.07) is 0. The monoisotopic (exact) mass is 288 g/mol. The molecule has 0 aromatic carbocycles. The minimum absolute atomic E-state index is 0.177. The molecular weight excluding hydrogens is 272 g/mol. The van der Waals surface area contributed by atoms with Crippen LogP contribution in [-0.4, -0.2) is 44.4 Å². The van der Waals surface area contributed by atoms with Gasteiger partial charge in [-0.2, -0.15) is 8.78 Å². The summed E-state index contributed by atoms with van der Waals surface area (Å²) in [5.74, 6) is -4.84. The summed E-state index contributed by atoms with van der Waals surface area (Å²) >= 11 is 0. The van der Waals surface area contributed by atoms with E-state index in [1.165, 1.54) is 13.8 Å². The van der Waals surface area contributed by atoms with Crippen LogP contribution in [0.1, 0.15) is 13.8 Å². The fraction of sp³-hybridized carbons (Fsp3) is 0.727. The molecule has 0 bridgehead atoms. The van der Waals surface area contributed by atoms with Crippen LogP contribution < -0.4 is 0 Å². The maximum absolute atomic E-state index is 12.4. The molecule has 4 nitrogen and oxygen atoms in total. The summed E-state index contributed by atoms with van der Waals surface area (Å²) in [4.78, 5) is 11.0. The van der Waals surface area contributed by atoms with Crippen LogP contribution in [-0.2, 0) is 19.0 Å². The van der Waals surface area contributed by atoms with E-state index >= 15 is 0 Å². The molecule has 0 saturated carbocycles. The Balaban J connectivity index is 3.70. The van der Waals surface area contributed by atoms with Crippen LogP contribution in [0.15, 0.2) is 12.2 Å². The first-order chi connectivity index (χ1) is 8.66. The smallest absolute Gasteiger partial charge is 0.335 e. The van der Waals surface area contributed by atoms with Crippen molar-refractivity contribution in [2.45, 2.75) is 32.5 Å². The van der Waals surface area contributed by atoms with Crippen LogP contribution >= 0.6 is 0 Å². The van der Waals surface area contributed by atoms with Gasteiger partial charge >= 0.3 is 18.3 Å². The summed E-state index contributed by atoms with van der Waals surface area (Å²) < 4.78 is 62.2. The van der Waals surface area contributed by atoms with Crippen molar-refractivity contribution in [3.8, 4) is 0 Å². The molecule has 8 heteroatoms. The van der Waals surface area contributed by atoms with Crippen LogP contribution in [0.2, 0.25) is 0 Å². The number of esters is 1. The molecule has 0 N–H and O–H groups in total. The SMILES string of the molecule is C=C(C)C(=O)OC(C)OCCOCC(F)(F)C(F)F. The summed E-state index contributed by atoms with van der Waals surface area (Å²) in [5, 5.41) is 0. The predicted molar refractivity (Wildman–Crippen MR) is 58.1 cm³/mol. The zero-order valence-corrected chi connectivity index (χ0v) is 10.6. The first kappa shape index (κ1) is 17.8. The van der Waals surface area contributed by atoms with E-state index < -0.39 is 31.2 Å². The number of rotatable bonds is 9. The fourth-order valence-electron chi connectivity index (χ4n) is 0.830. The Morgan fingerprint density at radius 1 is 1.32 bits per heavy atom. The predicted octanol–water partition coefficient (Wildman–Crippen LogP) is 2.39. The third kappa shape index (κ3) is 7.78. The van der Waals surface area contributed by atoms with Crippen LogP contribution in [0.4, 0.5) is 17.6 Å². The van der Waals surface area contributed by atoms with E-state index in [0.29, 0.717) is 0 Å². The molecule has 0 rings (SSSR count). The molecule has 112 valence electrons. The molecule has 0 radical (unpaired) electrons. The molecule has 0 fully saturated rings. The minimum Gasteiger partial charge on any atom is -0.433 e. The van der Waals surface area contributed by atoms with Crippen LogP contribution in [0.3, 0.4) is 0 Å². The van der Waals surface area contributed by atoms with Crippen molar-refractivity contribution in [2.75, 3.05) is 19.8 Å². The van der Waals surface area contributed by atoms with Crippen molar-refractivity contribution < 1.29 is 36.6 Å². The summed E-state index contributed by atoms with van der Waals surface area (Å²) in [5.41, 5.74) is 0.184. The first-order valence-electron chi connectivity index (χ1n) is 5.38. The molecule has 19 heavy (non-hydrogen) atoms. The van der Waals surface area contributed by atoms with Crippen molar-refractivity contribution in [1.82, 2.24) is 0 Å². The Morgan fingerprint density at radius 2 is 1.89 bits per heavy atom. The molecule has 0 heterocycles. The number of ether oxygens (including phenoxy) is 3. The third-order valence-corrected chi connectivity index (χ3v) is 1.82. The maximum atomic E-state index is 12.4. The Labute approximate surface area is 108 Å². The second kappa shape index (κ2) is 8.11. The highest BCUT2D eigenvalue weighted by atomic mass is 19.3. The van der Waals surface area contributed by atoms with Crippen molar-refractivity contribution in [1.29, 1.82) is 0 Å². The number of halogens is 4. The molecule has 0 amide bonds. The lowest BCUT2D eigenvalue weighted by atomic mass is 10.4. The van der Waals surface area contributed by atoms with Gasteiger partial charge in [0.05, 0.1) is 13.2 Å². The van der Waals surface area contributed by atoms with Gasteiger partial charge in [-0.05, 0) is 13.8 Å². The molecule has 0 aliphatic rings. The summed E-state index contributed by atoms with van der Waals surface area (Å²) in [6.07, 6.45) is -4.69. The minimum atomic E-state index is -4.18. The van der Waals surface area contributed by atoms with Gasteiger partial charge < -0.3 is 14.2 Å². The Kier molecular flexibility index (Phi) is 7.62. The van der Waals surface area contributed by atoms with E-state index in [1.807, 2.05) is 0 Å². The van der Waals surface area contributed by atoms with Crippen LogP contribution in [0.25, 0.3) is 0 Å². The Hall–Kier alpha value is -1.15. The second-order valence-corrected chi connectivity index (χ2v) is 3.74. The van der Waals surface area contributed by atoms with E-state index in [-0.39, 0.29) is 18.8 Å². The molecule has 1 unspecified atom stereocenters. The molecule has 0 spiro atoms. The zero-order valence-electron chi connectivity index (χ0n) is 10.6. The van der Waals surface area contributed by atoms with Gasteiger partial charge in [-0.25, -0.2) is 13.6 Å². The molecule has 0 aromatic heterocycles. The van der Waals surface area contributed by atoms with Crippen LogP contribution in [0, 0.1) is 0 Å². The van der Waals surface area contributed by atoms with Crippen molar-refractivity contribution in [3.05, 3.63) is 12.2 Å². The quantitative estimate of drug-likeness (QED) is 0.215. The van der Waals surface area contributed by atoms with Gasteiger partial charge in [0, 0.05) is 5.57 Å². The summed E-state index contributed by atoms with van der Waals surface area (Å²) in [7, 11) is 0. The molecular formula is C11H16F4O4. The van der Waals surface area contributed by atoms with E-state index in [2.05, 4.69) is 11.3 Å². The van der Waals surface area contributed by atoms with Gasteiger partial charge in [0.15, 0.2) is 0 Å². The van der Waals surface area contributed by atoms with Gasteiger partial charge in [0.1, 0.15) is 6.61 Å². The van der Waals surface area contributed by atoms with E-state index in [0.717, 1.165) is 0 Å². The van der Waals surface area contributed by atoms with Gasteiger partial charge in [0.2, 0.25) is 6.29 Å². The lowest BCUT2D eigenvalue weighted by molar-refractivity contribution is -0.183. The van der Waals surface area contributed by atoms with E-state index in [1.54, 1.807) is 0 Å². The van der Waals surface area contributed by atoms with Crippen molar-refractivity contribution in [3.63, 3.8) is 0 Å². The highest BCUT2D eigenvalue weighted by Gasteiger charge is 2.40. The Morgan fingerprint density at radius 3 is 2.37 bits per heavy atom. The third-order valence-electron chi connectivity index (χ3n) is 1.82. The molecule has 0 aromatic rings. The molecule has 0 saturated heterocycles. The van der Waals surface area contributed by atoms with Crippen LogP contribution in [0.5, 0.6) is 0 Å². The number of hydrogen-bond donors (Lipinski definition) is 0. The lowest BCUT2D eigenvalue weighted by Crippen LogP contribution is -2.33. The highest BCUT2D eigenvalue weighted by molar-refractivity contribution is 5.86. The first-order valence-corrected chi connectivity index (χ1v) is 5.38. The number of alkyl halides is 4. The largest absolute Gasteiger partial charge is 0.433 e. The summed E-state index contributed by atoms with van der Waals surface area (Å²) in [6.45, 7) is 4.32. The number of hydrogen-bond acceptors (Lipinski definition) is 4. The Bertz CT molecular complexity index is 307. The van der Waals surface area contributed by atoms with Gasteiger partial charge in [-0.3, -0.25) is 0 Å². The molecule has 1 atom stereocenters. The molecule has 0 aliphatic heterocycles. The van der Waals surface area contributed by atoms with Crippen molar-refractivity contribution in [2.24, 2.45) is 0 Å².